The van der Waals surface area contributed by atoms with Gasteiger partial charge in [-0.05, 0) is 42.5 Å². The van der Waals surface area contributed by atoms with Crippen LogP contribution in [-0.4, -0.2) is 13.0 Å². The van der Waals surface area contributed by atoms with Gasteiger partial charge in [-0.2, -0.15) is 0 Å². The third-order valence-electron chi connectivity index (χ3n) is 2.36. The molecule has 2 rings (SSSR count). The van der Waals surface area contributed by atoms with Gasteiger partial charge in [0.2, 0.25) is 0 Å². The fourth-order valence-corrected chi connectivity index (χ4v) is 2.23. The Morgan fingerprint density at radius 2 is 1.79 bits per heavy atom. The quantitative estimate of drug-likeness (QED) is 0.652. The van der Waals surface area contributed by atoms with Gasteiger partial charge in [0.25, 0.3) is 0 Å². The molecule has 1 aromatic rings. The summed E-state index contributed by atoms with van der Waals surface area (Å²) in [5.74, 6) is 0. The molecular formula is C9H11NO3S-. The highest BCUT2D eigenvalue weighted by atomic mass is 32.2. The molecule has 14 heavy (non-hydrogen) atoms. The third-order valence-corrected chi connectivity index (χ3v) is 3.19. The monoisotopic (exact) mass is 213 g/mol. The molecule has 0 spiro atoms. The second kappa shape index (κ2) is 3.68. The minimum Gasteiger partial charge on any atom is -0.744 e. The second-order valence-electron chi connectivity index (χ2n) is 3.24. The number of fused-ring (bicyclic) bond motifs is 1. The molecule has 1 aromatic carbocycles. The number of nitrogens with two attached hydrogens (primary N) is 1. The van der Waals surface area contributed by atoms with E-state index in [0.717, 1.165) is 24.8 Å². The molecule has 0 bridgehead atoms. The Kier molecular flexibility index (Phi) is 2.94. The zero-order valence-electron chi connectivity index (χ0n) is 7.56. The summed E-state index contributed by atoms with van der Waals surface area (Å²) in [5, 5.41) is 0. The van der Waals surface area contributed by atoms with E-state index >= 15 is 0 Å². The van der Waals surface area contributed by atoms with E-state index in [-0.39, 0.29) is 11.0 Å². The first-order valence-corrected chi connectivity index (χ1v) is 5.56. The van der Waals surface area contributed by atoms with Gasteiger partial charge in [-0.3, -0.25) is 6.15 Å². The lowest BCUT2D eigenvalue weighted by molar-refractivity contribution is 0.463. The van der Waals surface area contributed by atoms with Gasteiger partial charge >= 0.3 is 0 Å². The molecule has 4 nitrogen and oxygen atoms in total. The summed E-state index contributed by atoms with van der Waals surface area (Å²) in [6, 6.07) is 4.64. The Hall–Kier alpha value is -0.910. The van der Waals surface area contributed by atoms with E-state index in [1.54, 1.807) is 6.07 Å². The summed E-state index contributed by atoms with van der Waals surface area (Å²) in [4.78, 5) is -0.104. The van der Waals surface area contributed by atoms with Crippen molar-refractivity contribution < 1.29 is 13.0 Å². The van der Waals surface area contributed by atoms with Crippen LogP contribution < -0.4 is 6.15 Å². The fraction of sp³-hybridized carbons (Fsp3) is 0.333. The summed E-state index contributed by atoms with van der Waals surface area (Å²) in [6.45, 7) is 0. The molecule has 0 aromatic heterocycles. The SMILES string of the molecule is O=S(=O)([O-])c1ccc2c(c1)CCC2.[NH2]. The van der Waals surface area contributed by atoms with Crippen LogP contribution in [0.5, 0.6) is 0 Å². The van der Waals surface area contributed by atoms with Gasteiger partial charge in [-0.15, -0.1) is 0 Å². The molecule has 1 radical (unpaired) electrons. The van der Waals surface area contributed by atoms with Gasteiger partial charge in [0.05, 0.1) is 4.90 Å². The predicted molar refractivity (Wildman–Crippen MR) is 50.5 cm³/mol. The Balaban J connectivity index is 0.000000980. The first kappa shape index (κ1) is 11.2. The van der Waals surface area contributed by atoms with Crippen molar-refractivity contribution in [2.24, 2.45) is 0 Å². The zero-order valence-corrected chi connectivity index (χ0v) is 8.38. The van der Waals surface area contributed by atoms with Crippen LogP contribution in [0.2, 0.25) is 0 Å². The first-order valence-electron chi connectivity index (χ1n) is 4.15. The van der Waals surface area contributed by atoms with Crippen molar-refractivity contribution in [2.45, 2.75) is 24.2 Å². The molecule has 0 saturated heterocycles. The minimum atomic E-state index is -4.27. The summed E-state index contributed by atoms with van der Waals surface area (Å²) < 4.78 is 32.0. The smallest absolute Gasteiger partial charge is 0.124 e. The highest BCUT2D eigenvalue weighted by molar-refractivity contribution is 7.85. The predicted octanol–water partition coefficient (Wildman–Crippen LogP) is 1.03. The summed E-state index contributed by atoms with van der Waals surface area (Å²) in [6.07, 6.45) is 2.94. The van der Waals surface area contributed by atoms with E-state index in [4.69, 9.17) is 0 Å². The molecule has 0 saturated carbocycles. The largest absolute Gasteiger partial charge is 0.744 e. The van der Waals surface area contributed by atoms with Crippen LogP contribution in [0.25, 0.3) is 0 Å². The van der Waals surface area contributed by atoms with E-state index in [0.29, 0.717) is 0 Å². The number of hydrogen-bond acceptors (Lipinski definition) is 3. The van der Waals surface area contributed by atoms with Gasteiger partial charge in [0, 0.05) is 0 Å². The van der Waals surface area contributed by atoms with Crippen LogP contribution in [0.4, 0.5) is 0 Å². The Morgan fingerprint density at radius 1 is 1.14 bits per heavy atom. The molecular weight excluding hydrogens is 202 g/mol. The van der Waals surface area contributed by atoms with Gasteiger partial charge in [0.15, 0.2) is 0 Å². The Labute approximate surface area is 83.3 Å². The molecule has 0 amide bonds. The number of aryl methyl sites for hydroxylation is 2. The normalized spacial score (nSPS) is 14.6. The molecule has 0 fully saturated rings. The van der Waals surface area contributed by atoms with Crippen LogP contribution >= 0.6 is 0 Å². The molecule has 0 heterocycles. The van der Waals surface area contributed by atoms with Crippen molar-refractivity contribution in [3.63, 3.8) is 0 Å². The topological polar surface area (TPSA) is 90.7 Å². The summed E-state index contributed by atoms with van der Waals surface area (Å²) >= 11 is 0. The lowest BCUT2D eigenvalue weighted by Gasteiger charge is -2.08. The van der Waals surface area contributed by atoms with Gasteiger partial charge in [-0.25, -0.2) is 8.42 Å². The van der Waals surface area contributed by atoms with Crippen molar-refractivity contribution in [3.8, 4) is 0 Å². The van der Waals surface area contributed by atoms with Crippen molar-refractivity contribution in [1.82, 2.24) is 6.15 Å². The molecule has 0 aliphatic heterocycles. The van der Waals surface area contributed by atoms with Crippen LogP contribution in [0.3, 0.4) is 0 Å². The minimum absolute atomic E-state index is 0. The number of hydrogen-bond donors (Lipinski definition) is 0. The Morgan fingerprint density at radius 3 is 2.43 bits per heavy atom. The van der Waals surface area contributed by atoms with Crippen LogP contribution in [0, 0.1) is 0 Å². The van der Waals surface area contributed by atoms with Gasteiger partial charge < -0.3 is 4.55 Å². The average molecular weight is 213 g/mol. The maximum atomic E-state index is 10.7. The van der Waals surface area contributed by atoms with E-state index in [9.17, 15) is 13.0 Å². The van der Waals surface area contributed by atoms with E-state index < -0.39 is 10.1 Å². The van der Waals surface area contributed by atoms with E-state index in [1.165, 1.54) is 17.7 Å². The summed E-state index contributed by atoms with van der Waals surface area (Å²) in [7, 11) is -4.27. The molecule has 5 heteroatoms. The highest BCUT2D eigenvalue weighted by Gasteiger charge is 2.12. The standard InChI is InChI=1S/C9H10O3S.H2N/c10-13(11,12)9-5-4-7-2-1-3-8(7)6-9;/h4-6H,1-3H2,(H,10,11,12);1H2/p-1. The number of rotatable bonds is 1. The highest BCUT2D eigenvalue weighted by Crippen LogP contribution is 2.24. The Bertz CT molecular complexity index is 439. The van der Waals surface area contributed by atoms with Crippen LogP contribution in [-0.2, 0) is 23.0 Å². The van der Waals surface area contributed by atoms with Crippen molar-refractivity contribution >= 4 is 10.1 Å². The number of benzene rings is 1. The third kappa shape index (κ3) is 1.95. The van der Waals surface area contributed by atoms with Gasteiger partial charge in [-0.1, -0.05) is 6.07 Å². The lowest BCUT2D eigenvalue weighted by Crippen LogP contribution is -1.99. The van der Waals surface area contributed by atoms with Crippen molar-refractivity contribution in [3.05, 3.63) is 29.3 Å². The van der Waals surface area contributed by atoms with E-state index in [1.807, 2.05) is 0 Å². The molecule has 1 aliphatic carbocycles. The van der Waals surface area contributed by atoms with Crippen molar-refractivity contribution in [2.75, 3.05) is 0 Å². The molecule has 77 valence electrons. The fourth-order valence-electron chi connectivity index (χ4n) is 1.70. The van der Waals surface area contributed by atoms with Crippen LogP contribution in [0.15, 0.2) is 23.1 Å². The molecule has 0 unspecified atom stereocenters. The molecule has 0 atom stereocenters. The molecule has 1 aliphatic rings. The zero-order chi connectivity index (χ0) is 9.47. The van der Waals surface area contributed by atoms with Crippen molar-refractivity contribution in [1.29, 1.82) is 0 Å². The molecule has 2 N–H and O–H groups in total. The van der Waals surface area contributed by atoms with Gasteiger partial charge in [0.1, 0.15) is 10.1 Å². The maximum absolute atomic E-state index is 10.7. The summed E-state index contributed by atoms with van der Waals surface area (Å²) in [5.41, 5.74) is 2.18. The van der Waals surface area contributed by atoms with E-state index in [2.05, 4.69) is 0 Å². The first-order chi connectivity index (χ1) is 6.07. The van der Waals surface area contributed by atoms with Crippen LogP contribution in [0.1, 0.15) is 17.5 Å². The maximum Gasteiger partial charge on any atom is 0.124 e. The average Bonchev–Trinajstić information content (AvgIpc) is 2.47. The lowest BCUT2D eigenvalue weighted by atomic mass is 10.1. The second-order valence-corrected chi connectivity index (χ2v) is 4.62.